The molecule has 0 aliphatic rings. The summed E-state index contributed by atoms with van der Waals surface area (Å²) in [5.74, 6) is -0.711. The minimum Gasteiger partial charge on any atom is -0.494 e. The SMILES string of the molecule is CCNc1ccc(N=Nc2cc(C)c(S(=O)(=O)CCOS(=O)(=O)O)cc2OC)cc1S(=O)(=O)O. The van der Waals surface area contributed by atoms with Crippen LogP contribution in [0.1, 0.15) is 12.5 Å². The molecule has 0 aliphatic carbocycles. The molecule has 0 spiro atoms. The van der Waals surface area contributed by atoms with Crippen molar-refractivity contribution in [1.29, 1.82) is 0 Å². The molecule has 188 valence electrons. The van der Waals surface area contributed by atoms with Crippen molar-refractivity contribution >= 4 is 47.4 Å². The maximum absolute atomic E-state index is 12.6. The zero-order valence-corrected chi connectivity index (χ0v) is 20.7. The first-order valence-electron chi connectivity index (χ1n) is 9.48. The van der Waals surface area contributed by atoms with Crippen molar-refractivity contribution in [2.75, 3.05) is 31.3 Å². The lowest BCUT2D eigenvalue weighted by Crippen LogP contribution is -2.16. The van der Waals surface area contributed by atoms with Crippen molar-refractivity contribution in [3.63, 3.8) is 0 Å². The number of aryl methyl sites for hydroxylation is 1. The Morgan fingerprint density at radius 1 is 0.971 bits per heavy atom. The number of nitrogens with one attached hydrogen (secondary N) is 1. The van der Waals surface area contributed by atoms with E-state index in [1.54, 1.807) is 6.92 Å². The van der Waals surface area contributed by atoms with Crippen LogP contribution in [0.2, 0.25) is 0 Å². The van der Waals surface area contributed by atoms with Gasteiger partial charge in [0.1, 0.15) is 16.3 Å². The van der Waals surface area contributed by atoms with E-state index in [-0.39, 0.29) is 38.2 Å². The van der Waals surface area contributed by atoms with E-state index >= 15 is 0 Å². The molecule has 2 rings (SSSR count). The van der Waals surface area contributed by atoms with E-state index in [1.165, 1.54) is 38.3 Å². The predicted molar refractivity (Wildman–Crippen MR) is 122 cm³/mol. The van der Waals surface area contributed by atoms with Crippen LogP contribution >= 0.6 is 0 Å². The summed E-state index contributed by atoms with van der Waals surface area (Å²) in [5, 5.41) is 10.8. The van der Waals surface area contributed by atoms with Gasteiger partial charge in [0, 0.05) is 12.6 Å². The third-order valence-electron chi connectivity index (χ3n) is 4.28. The van der Waals surface area contributed by atoms with Crippen molar-refractivity contribution in [3.05, 3.63) is 35.9 Å². The van der Waals surface area contributed by atoms with Crippen LogP contribution in [-0.2, 0) is 34.5 Å². The molecule has 13 nitrogen and oxygen atoms in total. The van der Waals surface area contributed by atoms with E-state index in [1.807, 2.05) is 0 Å². The molecule has 3 N–H and O–H groups in total. The van der Waals surface area contributed by atoms with Gasteiger partial charge in [-0.15, -0.1) is 5.11 Å². The molecule has 0 aromatic heterocycles. The Balaban J connectivity index is 2.40. The van der Waals surface area contributed by atoms with E-state index < -0.39 is 42.7 Å². The molecule has 2 aromatic rings. The highest BCUT2D eigenvalue weighted by atomic mass is 32.3. The summed E-state index contributed by atoms with van der Waals surface area (Å²) in [6, 6.07) is 6.52. The van der Waals surface area contributed by atoms with Crippen LogP contribution in [0, 0.1) is 6.92 Å². The fourth-order valence-electron chi connectivity index (χ4n) is 2.82. The van der Waals surface area contributed by atoms with Gasteiger partial charge in [-0.2, -0.15) is 21.9 Å². The second kappa shape index (κ2) is 10.7. The molecule has 0 radical (unpaired) electrons. The second-order valence-electron chi connectivity index (χ2n) is 6.74. The lowest BCUT2D eigenvalue weighted by molar-refractivity contribution is 0.284. The molecule has 0 heterocycles. The predicted octanol–water partition coefficient (Wildman–Crippen LogP) is 2.69. The summed E-state index contributed by atoms with van der Waals surface area (Å²) in [4.78, 5) is -0.562. The summed E-state index contributed by atoms with van der Waals surface area (Å²) >= 11 is 0. The van der Waals surface area contributed by atoms with Gasteiger partial charge in [-0.25, -0.2) is 12.6 Å². The first-order chi connectivity index (χ1) is 15.7. The number of ether oxygens (including phenoxy) is 1. The van der Waals surface area contributed by atoms with Crippen molar-refractivity contribution in [2.45, 2.75) is 23.6 Å². The number of rotatable bonds is 11. The number of sulfone groups is 1. The number of benzene rings is 2. The highest BCUT2D eigenvalue weighted by molar-refractivity contribution is 7.91. The molecular weight excluding hydrogens is 514 g/mol. The molecule has 0 bridgehead atoms. The van der Waals surface area contributed by atoms with Gasteiger partial charge in [0.05, 0.1) is 35.7 Å². The van der Waals surface area contributed by atoms with Gasteiger partial charge >= 0.3 is 10.4 Å². The molecule has 2 aromatic carbocycles. The molecule has 0 saturated carbocycles. The summed E-state index contributed by atoms with van der Waals surface area (Å²) in [5.41, 5.74) is 0.637. The van der Waals surface area contributed by atoms with Crippen LogP contribution in [0.25, 0.3) is 0 Å². The van der Waals surface area contributed by atoms with Gasteiger partial charge in [-0.1, -0.05) is 0 Å². The van der Waals surface area contributed by atoms with Gasteiger partial charge in [0.25, 0.3) is 10.1 Å². The number of methoxy groups -OCH3 is 1. The summed E-state index contributed by atoms with van der Waals surface area (Å²) in [6.07, 6.45) is 0. The maximum Gasteiger partial charge on any atom is 0.397 e. The highest BCUT2D eigenvalue weighted by Gasteiger charge is 2.22. The second-order valence-corrected chi connectivity index (χ2v) is 11.3. The van der Waals surface area contributed by atoms with Gasteiger partial charge < -0.3 is 10.1 Å². The quantitative estimate of drug-likeness (QED) is 0.281. The number of hydrogen-bond acceptors (Lipinski definition) is 11. The van der Waals surface area contributed by atoms with Gasteiger partial charge in [0.15, 0.2) is 9.84 Å². The lowest BCUT2D eigenvalue weighted by atomic mass is 10.2. The third kappa shape index (κ3) is 7.44. The largest absolute Gasteiger partial charge is 0.494 e. The molecular formula is C18H23N3O10S3. The zero-order valence-electron chi connectivity index (χ0n) is 18.3. The minimum absolute atomic E-state index is 0.0166. The van der Waals surface area contributed by atoms with Crippen LogP contribution in [0.5, 0.6) is 5.75 Å². The van der Waals surface area contributed by atoms with Crippen molar-refractivity contribution in [3.8, 4) is 5.75 Å². The van der Waals surface area contributed by atoms with Crippen molar-refractivity contribution in [2.24, 2.45) is 10.2 Å². The molecule has 16 heteroatoms. The summed E-state index contributed by atoms with van der Waals surface area (Å²) in [7, 11) is -12.1. The number of nitrogens with zero attached hydrogens (tertiary/aromatic N) is 2. The van der Waals surface area contributed by atoms with Crippen LogP contribution in [0.4, 0.5) is 17.1 Å². The Kier molecular flexibility index (Phi) is 8.73. The maximum atomic E-state index is 12.6. The van der Waals surface area contributed by atoms with Crippen LogP contribution in [0.3, 0.4) is 0 Å². The zero-order chi connectivity index (χ0) is 25.7. The van der Waals surface area contributed by atoms with Crippen LogP contribution < -0.4 is 10.1 Å². The van der Waals surface area contributed by atoms with Gasteiger partial charge in [0.2, 0.25) is 0 Å². The van der Waals surface area contributed by atoms with Crippen molar-refractivity contribution < 1.29 is 43.3 Å². The topological polar surface area (TPSA) is 198 Å². The molecule has 0 aliphatic heterocycles. The number of anilines is 1. The Labute approximate surface area is 197 Å². The van der Waals surface area contributed by atoms with E-state index in [2.05, 4.69) is 19.7 Å². The Morgan fingerprint density at radius 3 is 2.21 bits per heavy atom. The minimum atomic E-state index is -4.78. The normalized spacial score (nSPS) is 12.7. The molecule has 0 unspecified atom stereocenters. The monoisotopic (exact) mass is 537 g/mol. The standard InChI is InChI=1S/C18H23N3O10S3/c1-4-19-14-6-5-13(10-18(14)33(24,25)26)20-21-15-9-12(2)17(11-16(15)30-3)32(22,23)8-7-31-34(27,28)29/h5-6,9-11,19H,4,7-8H2,1-3H3,(H,24,25,26)(H,27,28,29). The van der Waals surface area contributed by atoms with E-state index in [0.29, 0.717) is 6.54 Å². The summed E-state index contributed by atoms with van der Waals surface area (Å²) < 4.78 is 97.0. The van der Waals surface area contributed by atoms with Crippen LogP contribution in [0.15, 0.2) is 50.4 Å². The molecule has 0 saturated heterocycles. The average Bonchev–Trinajstić information content (AvgIpc) is 2.71. The Bertz CT molecular complexity index is 1400. The fraction of sp³-hybridized carbons (Fsp3) is 0.333. The Morgan fingerprint density at radius 2 is 1.65 bits per heavy atom. The van der Waals surface area contributed by atoms with Crippen molar-refractivity contribution in [1.82, 2.24) is 0 Å². The average molecular weight is 538 g/mol. The molecule has 0 atom stereocenters. The first kappa shape index (κ1) is 27.6. The van der Waals surface area contributed by atoms with E-state index in [9.17, 15) is 29.8 Å². The molecule has 0 fully saturated rings. The van der Waals surface area contributed by atoms with E-state index in [0.717, 1.165) is 6.07 Å². The smallest absolute Gasteiger partial charge is 0.397 e. The summed E-state index contributed by atoms with van der Waals surface area (Å²) in [6.45, 7) is 2.85. The Hall–Kier alpha value is -2.63. The number of hydrogen-bond donors (Lipinski definition) is 3. The van der Waals surface area contributed by atoms with Gasteiger partial charge in [-0.3, -0.25) is 9.11 Å². The number of azo groups is 1. The lowest BCUT2D eigenvalue weighted by Gasteiger charge is -2.12. The molecule has 0 amide bonds. The first-order valence-corrected chi connectivity index (χ1v) is 13.9. The fourth-order valence-corrected chi connectivity index (χ4v) is 5.27. The van der Waals surface area contributed by atoms with Gasteiger partial charge in [-0.05, 0) is 43.7 Å². The third-order valence-corrected chi connectivity index (χ3v) is 7.45. The van der Waals surface area contributed by atoms with Crippen LogP contribution in [-0.4, -0.2) is 60.4 Å². The molecule has 34 heavy (non-hydrogen) atoms. The highest BCUT2D eigenvalue weighted by Crippen LogP contribution is 2.35. The van der Waals surface area contributed by atoms with E-state index in [4.69, 9.17) is 9.29 Å².